The van der Waals surface area contributed by atoms with Crippen molar-refractivity contribution in [3.63, 3.8) is 0 Å². The van der Waals surface area contributed by atoms with Crippen molar-refractivity contribution in [2.45, 2.75) is 24.9 Å². The van der Waals surface area contributed by atoms with Crippen molar-refractivity contribution >= 4 is 55.7 Å². The summed E-state index contributed by atoms with van der Waals surface area (Å²) in [6, 6.07) is 26.2. The predicted octanol–water partition coefficient (Wildman–Crippen LogP) is 9.17. The van der Waals surface area contributed by atoms with Gasteiger partial charge in [-0.05, 0) is 106 Å². The van der Waals surface area contributed by atoms with Gasteiger partial charge in [0, 0.05) is 112 Å². The van der Waals surface area contributed by atoms with Crippen LogP contribution in [0.1, 0.15) is 33.6 Å². The quantitative estimate of drug-likeness (QED) is 0.134. The number of carbonyl (C=O) groups is 2. The molecule has 2 aliphatic heterocycles. The van der Waals surface area contributed by atoms with Gasteiger partial charge in [-0.15, -0.1) is 0 Å². The number of nitrogens with zero attached hydrogens (tertiary/aromatic N) is 9. The molecule has 8 aromatic heterocycles. The molecule has 2 fully saturated rings. The zero-order valence-corrected chi connectivity index (χ0v) is 39.2. The number of rotatable bonds is 8. The molecule has 2 saturated heterocycles. The van der Waals surface area contributed by atoms with E-state index in [0.717, 1.165) is 83.3 Å². The number of likely N-dealkylation sites (N-methyl/N-ethyl adjacent to an activating group) is 2. The molecule has 10 heterocycles. The van der Waals surface area contributed by atoms with E-state index in [1.165, 1.54) is 12.4 Å². The molecule has 0 saturated carbocycles. The van der Waals surface area contributed by atoms with E-state index in [1.807, 2.05) is 60.5 Å². The fraction of sp³-hybridized carbons (Fsp3) is 0.200. The fourth-order valence-corrected chi connectivity index (χ4v) is 9.75. The van der Waals surface area contributed by atoms with Crippen LogP contribution in [0, 0.1) is 11.6 Å². The number of pyridine rings is 6. The lowest BCUT2D eigenvalue weighted by Gasteiger charge is -2.36. The van der Waals surface area contributed by atoms with E-state index < -0.39 is 11.6 Å². The first kappa shape index (κ1) is 45.1. The lowest BCUT2D eigenvalue weighted by Crippen LogP contribution is -2.57. The van der Waals surface area contributed by atoms with E-state index in [1.54, 1.807) is 73.6 Å². The third-order valence-electron chi connectivity index (χ3n) is 13.5. The summed E-state index contributed by atoms with van der Waals surface area (Å²) in [5.41, 5.74) is 9.33. The fourth-order valence-electron chi connectivity index (χ4n) is 9.75. The van der Waals surface area contributed by atoms with E-state index in [-0.39, 0.29) is 17.9 Å². The maximum atomic E-state index is 15.3. The lowest BCUT2D eigenvalue weighted by molar-refractivity contribution is 0.0635. The Morgan fingerprint density at radius 2 is 1.17 bits per heavy atom. The zero-order chi connectivity index (χ0) is 48.8. The van der Waals surface area contributed by atoms with Gasteiger partial charge in [-0.25, -0.2) is 18.7 Å². The number of carbonyl (C=O) groups excluding carboxylic acids is 2. The lowest BCUT2D eigenvalue weighted by atomic mass is 9.98. The normalized spacial score (nSPS) is 15.3. The number of halogens is 2. The van der Waals surface area contributed by atoms with Crippen molar-refractivity contribution in [1.82, 2.24) is 59.9 Å². The number of nitrogens with one attached hydrogen (secondary N) is 3. The van der Waals surface area contributed by atoms with Crippen molar-refractivity contribution in [2.75, 3.05) is 47.3 Å². The van der Waals surface area contributed by atoms with Crippen molar-refractivity contribution < 1.29 is 18.4 Å². The number of piperidine rings is 1. The van der Waals surface area contributed by atoms with Gasteiger partial charge >= 0.3 is 0 Å². The molecule has 2 aliphatic rings. The van der Waals surface area contributed by atoms with Gasteiger partial charge in [0.25, 0.3) is 11.8 Å². The van der Waals surface area contributed by atoms with E-state index in [9.17, 15) is 9.59 Å². The predicted molar refractivity (Wildman–Crippen MR) is 271 cm³/mol. The Bertz CT molecular complexity index is 3600. The molecule has 16 heteroatoms. The Hall–Kier alpha value is -8.34. The van der Waals surface area contributed by atoms with E-state index >= 15 is 8.78 Å². The Kier molecular flexibility index (Phi) is 12.0. The second kappa shape index (κ2) is 18.9. The first-order chi connectivity index (χ1) is 34.6. The van der Waals surface area contributed by atoms with Crippen molar-refractivity contribution in [2.24, 2.45) is 0 Å². The highest BCUT2D eigenvalue weighted by molar-refractivity contribution is 6.15. The van der Waals surface area contributed by atoms with Crippen LogP contribution in [0.2, 0.25) is 0 Å². The van der Waals surface area contributed by atoms with Crippen LogP contribution in [0.4, 0.5) is 8.78 Å². The highest BCUT2D eigenvalue weighted by Crippen LogP contribution is 2.38. The maximum absolute atomic E-state index is 15.3. The summed E-state index contributed by atoms with van der Waals surface area (Å²) < 4.78 is 30.5. The summed E-state index contributed by atoms with van der Waals surface area (Å²) >= 11 is 0. The first-order valence-corrected chi connectivity index (χ1v) is 23.4. The molecular weight excluding hydrogens is 899 g/mol. The van der Waals surface area contributed by atoms with Crippen LogP contribution in [0.3, 0.4) is 0 Å². The Labute approximate surface area is 406 Å². The van der Waals surface area contributed by atoms with Crippen LogP contribution in [0.25, 0.3) is 88.6 Å². The number of H-pyrrole nitrogens is 2. The summed E-state index contributed by atoms with van der Waals surface area (Å²) in [7, 11) is 6.12. The summed E-state index contributed by atoms with van der Waals surface area (Å²) in [4.78, 5) is 64.5. The van der Waals surface area contributed by atoms with Gasteiger partial charge in [0.1, 0.15) is 22.9 Å². The topological polar surface area (TPSA) is 165 Å². The maximum Gasteiger partial charge on any atom is 0.253 e. The number of aromatic nitrogens is 8. The Morgan fingerprint density at radius 3 is 1.65 bits per heavy atom. The van der Waals surface area contributed by atoms with Gasteiger partial charge in [-0.2, -0.15) is 0 Å². The molecular formula is C55H48F2N12O2. The molecule has 0 bridgehead atoms. The minimum absolute atomic E-state index is 0.0118. The van der Waals surface area contributed by atoms with Crippen molar-refractivity contribution in [3.05, 3.63) is 157 Å². The standard InChI is InChI=1S/C29H27FN6O.C26H21FN6O/c1-35(2)21-6-4-12-36(17-21)29(37)19-9-7-18(8-10-19)26-23(30)15-33-28-27(26)22-13-24(32-16-25(22)34-28)20-5-3-11-31-14-20;1-33-13-18(14-33)31-26(34)16-6-4-15(5-7-16)23-20(27)11-30-25-24(23)19-9-21(29-12-22(19)32-25)17-3-2-8-28-10-17/h3,5,7-11,13-16,21H,4,6,12,17H2,1-2H3,(H,33,34);2-12,18H,13-14H2,1H3,(H,30,32)(H,31,34). The number of amides is 2. The number of hydrogen-bond acceptors (Lipinski definition) is 10. The van der Waals surface area contributed by atoms with Gasteiger partial charge in [0.05, 0.1) is 53.3 Å². The molecule has 12 rings (SSSR count). The van der Waals surface area contributed by atoms with Crippen molar-refractivity contribution in [3.8, 4) is 44.8 Å². The number of likely N-dealkylation sites (tertiary alicyclic amines) is 2. The van der Waals surface area contributed by atoms with Crippen LogP contribution in [-0.2, 0) is 0 Å². The van der Waals surface area contributed by atoms with Crippen LogP contribution < -0.4 is 5.32 Å². The summed E-state index contributed by atoms with van der Waals surface area (Å²) in [6.45, 7) is 3.17. The van der Waals surface area contributed by atoms with Gasteiger partial charge < -0.3 is 30.0 Å². The highest BCUT2D eigenvalue weighted by atomic mass is 19.1. The molecule has 0 aliphatic carbocycles. The van der Waals surface area contributed by atoms with E-state index in [0.29, 0.717) is 61.5 Å². The Balaban J connectivity index is 0.000000155. The Morgan fingerprint density at radius 1 is 0.648 bits per heavy atom. The molecule has 1 unspecified atom stereocenters. The second-order valence-corrected chi connectivity index (χ2v) is 18.4. The minimum atomic E-state index is -0.428. The van der Waals surface area contributed by atoms with E-state index in [4.69, 9.17) is 0 Å². The summed E-state index contributed by atoms with van der Waals surface area (Å²) in [6.07, 6.45) is 14.9. The van der Waals surface area contributed by atoms with Crippen LogP contribution in [-0.4, -0.2) is 126 Å². The molecule has 0 radical (unpaired) electrons. The zero-order valence-electron chi connectivity index (χ0n) is 39.2. The molecule has 1 atom stereocenters. The third kappa shape index (κ3) is 8.83. The molecule has 2 amide bonds. The molecule has 2 aromatic carbocycles. The molecule has 0 spiro atoms. The molecule has 354 valence electrons. The second-order valence-electron chi connectivity index (χ2n) is 18.4. The van der Waals surface area contributed by atoms with Gasteiger partial charge in [-0.3, -0.25) is 29.5 Å². The molecule has 71 heavy (non-hydrogen) atoms. The van der Waals surface area contributed by atoms with Crippen LogP contribution >= 0.6 is 0 Å². The SMILES string of the molecule is CN(C)C1CCCN(C(=O)c2ccc(-c3c(F)cnc4[nH]c5cnc(-c6cccnc6)cc5c34)cc2)C1.CN1CC(NC(=O)c2ccc(-c3c(F)cnc4[nH]c5cnc(-c6cccnc6)cc5c34)cc2)C1. The first-order valence-electron chi connectivity index (χ1n) is 23.4. The van der Waals surface area contributed by atoms with Gasteiger partial charge in [0.15, 0.2) is 0 Å². The number of aromatic amines is 2. The van der Waals surface area contributed by atoms with Crippen molar-refractivity contribution in [1.29, 1.82) is 0 Å². The largest absolute Gasteiger partial charge is 0.347 e. The van der Waals surface area contributed by atoms with Gasteiger partial charge in [0.2, 0.25) is 0 Å². The average Bonchev–Trinajstić information content (AvgIpc) is 3.96. The van der Waals surface area contributed by atoms with Gasteiger partial charge in [-0.1, -0.05) is 24.3 Å². The monoisotopic (exact) mass is 946 g/mol. The van der Waals surface area contributed by atoms with E-state index in [2.05, 4.69) is 69.1 Å². The summed E-state index contributed by atoms with van der Waals surface area (Å²) in [5, 5.41) is 6.04. The molecule has 10 aromatic rings. The average molecular weight is 947 g/mol. The number of benzene rings is 2. The summed E-state index contributed by atoms with van der Waals surface area (Å²) in [5.74, 6) is -0.957. The number of hydrogen-bond donors (Lipinski definition) is 3. The molecule has 3 N–H and O–H groups in total. The minimum Gasteiger partial charge on any atom is -0.347 e. The van der Waals surface area contributed by atoms with Crippen LogP contribution in [0.5, 0.6) is 0 Å². The highest BCUT2D eigenvalue weighted by Gasteiger charge is 2.27. The third-order valence-corrected chi connectivity index (χ3v) is 13.5. The smallest absolute Gasteiger partial charge is 0.253 e. The molecule has 14 nitrogen and oxygen atoms in total. The number of fused-ring (bicyclic) bond motifs is 6. The van der Waals surface area contributed by atoms with Crippen LogP contribution in [0.15, 0.2) is 135 Å².